The number of halogens is 4. The molecule has 22 heavy (non-hydrogen) atoms. The molecule has 1 aliphatic heterocycles. The average molecular weight is 311 g/mol. The molecule has 0 unspecified atom stereocenters. The van der Waals surface area contributed by atoms with Crippen LogP contribution < -0.4 is 10.1 Å². The molecular weight excluding hydrogens is 298 g/mol. The van der Waals surface area contributed by atoms with E-state index in [1.165, 1.54) is 17.7 Å². The standard InChI is InChI=1S/C16H13F4NO/c17-15-6-13(22-9-16(18,19)20)3-4-14(15)10-1-2-11-7-21-8-12(11)5-10/h1-6,21H,7-9H2. The summed E-state index contributed by atoms with van der Waals surface area (Å²) >= 11 is 0. The van der Waals surface area contributed by atoms with Gasteiger partial charge in [0.25, 0.3) is 0 Å². The molecule has 2 aromatic carbocycles. The van der Waals surface area contributed by atoms with Crippen LogP contribution in [-0.2, 0) is 13.1 Å². The lowest BCUT2D eigenvalue weighted by Gasteiger charge is -2.11. The summed E-state index contributed by atoms with van der Waals surface area (Å²) in [6.45, 7) is 0.0934. The first-order valence-corrected chi connectivity index (χ1v) is 6.74. The Morgan fingerprint density at radius 3 is 2.50 bits per heavy atom. The van der Waals surface area contributed by atoms with Crippen molar-refractivity contribution in [3.63, 3.8) is 0 Å². The summed E-state index contributed by atoms with van der Waals surface area (Å²) in [6, 6.07) is 9.38. The highest BCUT2D eigenvalue weighted by Crippen LogP contribution is 2.29. The second kappa shape index (κ2) is 5.61. The van der Waals surface area contributed by atoms with Gasteiger partial charge in [-0.1, -0.05) is 12.1 Å². The maximum atomic E-state index is 14.1. The molecular formula is C16H13F4NO. The number of fused-ring (bicyclic) bond motifs is 1. The zero-order chi connectivity index (χ0) is 15.7. The molecule has 0 radical (unpaired) electrons. The number of hydrogen-bond acceptors (Lipinski definition) is 2. The third-order valence-corrected chi connectivity index (χ3v) is 3.49. The first kappa shape index (κ1) is 14.8. The van der Waals surface area contributed by atoms with E-state index in [1.807, 2.05) is 12.1 Å². The van der Waals surface area contributed by atoms with E-state index in [-0.39, 0.29) is 5.75 Å². The summed E-state index contributed by atoms with van der Waals surface area (Å²) in [4.78, 5) is 0. The molecule has 0 aliphatic carbocycles. The molecule has 0 spiro atoms. The van der Waals surface area contributed by atoms with Gasteiger partial charge in [0.2, 0.25) is 0 Å². The maximum Gasteiger partial charge on any atom is 0.422 e. The van der Waals surface area contributed by atoms with Crippen molar-refractivity contribution >= 4 is 0 Å². The SMILES string of the molecule is Fc1cc(OCC(F)(F)F)ccc1-c1ccc2c(c1)CNC2. The molecule has 1 N–H and O–H groups in total. The third kappa shape index (κ3) is 3.22. The van der Waals surface area contributed by atoms with Gasteiger partial charge in [0.05, 0.1) is 0 Å². The van der Waals surface area contributed by atoms with E-state index >= 15 is 0 Å². The fourth-order valence-corrected chi connectivity index (χ4v) is 2.45. The summed E-state index contributed by atoms with van der Waals surface area (Å²) in [6.07, 6.45) is -4.44. The van der Waals surface area contributed by atoms with Crippen LogP contribution >= 0.6 is 0 Å². The van der Waals surface area contributed by atoms with Gasteiger partial charge in [-0.25, -0.2) is 4.39 Å². The van der Waals surface area contributed by atoms with E-state index in [2.05, 4.69) is 10.1 Å². The van der Waals surface area contributed by atoms with Crippen molar-refractivity contribution in [1.29, 1.82) is 0 Å². The van der Waals surface area contributed by atoms with E-state index in [1.54, 1.807) is 6.07 Å². The quantitative estimate of drug-likeness (QED) is 0.864. The van der Waals surface area contributed by atoms with Crippen LogP contribution in [0, 0.1) is 5.82 Å². The molecule has 0 bridgehead atoms. The van der Waals surface area contributed by atoms with Crippen molar-refractivity contribution in [3.8, 4) is 16.9 Å². The van der Waals surface area contributed by atoms with Crippen LogP contribution in [0.1, 0.15) is 11.1 Å². The molecule has 116 valence electrons. The van der Waals surface area contributed by atoms with Gasteiger partial charge in [0.15, 0.2) is 6.61 Å². The lowest BCUT2D eigenvalue weighted by molar-refractivity contribution is -0.153. The minimum Gasteiger partial charge on any atom is -0.484 e. The number of hydrogen-bond donors (Lipinski definition) is 1. The Morgan fingerprint density at radius 2 is 1.77 bits per heavy atom. The smallest absolute Gasteiger partial charge is 0.422 e. The topological polar surface area (TPSA) is 21.3 Å². The fraction of sp³-hybridized carbons (Fsp3) is 0.250. The lowest BCUT2D eigenvalue weighted by Crippen LogP contribution is -2.19. The Balaban J connectivity index is 1.83. The number of benzene rings is 2. The van der Waals surface area contributed by atoms with Crippen molar-refractivity contribution in [3.05, 3.63) is 53.3 Å². The van der Waals surface area contributed by atoms with Crippen LogP contribution in [0.3, 0.4) is 0 Å². The Labute approximate surface area is 124 Å². The molecule has 1 aliphatic rings. The van der Waals surface area contributed by atoms with Crippen LogP contribution in [-0.4, -0.2) is 12.8 Å². The highest BCUT2D eigenvalue weighted by Gasteiger charge is 2.28. The molecule has 0 saturated heterocycles. The molecule has 3 rings (SSSR count). The monoisotopic (exact) mass is 311 g/mol. The normalized spacial score (nSPS) is 14.0. The lowest BCUT2D eigenvalue weighted by atomic mass is 10.00. The van der Waals surface area contributed by atoms with E-state index in [0.717, 1.165) is 24.7 Å². The Hall–Kier alpha value is -2.08. The second-order valence-corrected chi connectivity index (χ2v) is 5.13. The van der Waals surface area contributed by atoms with E-state index in [9.17, 15) is 17.6 Å². The van der Waals surface area contributed by atoms with Gasteiger partial charge in [-0.3, -0.25) is 0 Å². The minimum absolute atomic E-state index is 0.138. The van der Waals surface area contributed by atoms with Crippen LogP contribution in [0.2, 0.25) is 0 Å². The molecule has 0 saturated carbocycles. The average Bonchev–Trinajstić information content (AvgIpc) is 2.92. The number of ether oxygens (including phenoxy) is 1. The van der Waals surface area contributed by atoms with Crippen molar-refractivity contribution in [2.75, 3.05) is 6.61 Å². The van der Waals surface area contributed by atoms with Gasteiger partial charge in [-0.15, -0.1) is 0 Å². The second-order valence-electron chi connectivity index (χ2n) is 5.13. The van der Waals surface area contributed by atoms with Gasteiger partial charge in [-0.05, 0) is 34.9 Å². The predicted octanol–water partition coefficient (Wildman–Crippen LogP) is 4.04. The van der Waals surface area contributed by atoms with Crippen LogP contribution in [0.5, 0.6) is 5.75 Å². The van der Waals surface area contributed by atoms with Crippen LogP contribution in [0.25, 0.3) is 11.1 Å². The first-order chi connectivity index (χ1) is 10.4. The van der Waals surface area contributed by atoms with Crippen molar-refractivity contribution in [1.82, 2.24) is 5.32 Å². The minimum atomic E-state index is -4.44. The maximum absolute atomic E-state index is 14.1. The highest BCUT2D eigenvalue weighted by atomic mass is 19.4. The molecule has 0 amide bonds. The Morgan fingerprint density at radius 1 is 1.00 bits per heavy atom. The molecule has 0 atom stereocenters. The summed E-state index contributed by atoms with van der Waals surface area (Å²) in [5.74, 6) is -0.744. The van der Waals surface area contributed by atoms with Gasteiger partial charge >= 0.3 is 6.18 Å². The van der Waals surface area contributed by atoms with Gasteiger partial charge in [-0.2, -0.15) is 13.2 Å². The first-order valence-electron chi connectivity index (χ1n) is 6.74. The Bertz CT molecular complexity index is 697. The molecule has 6 heteroatoms. The van der Waals surface area contributed by atoms with Crippen LogP contribution in [0.4, 0.5) is 17.6 Å². The zero-order valence-electron chi connectivity index (χ0n) is 11.5. The van der Waals surface area contributed by atoms with Gasteiger partial charge in [0, 0.05) is 24.7 Å². The molecule has 2 aromatic rings. The molecule has 2 nitrogen and oxygen atoms in total. The number of rotatable bonds is 3. The molecule has 0 fully saturated rings. The molecule has 1 heterocycles. The van der Waals surface area contributed by atoms with E-state index < -0.39 is 18.6 Å². The van der Waals surface area contributed by atoms with Gasteiger partial charge in [0.1, 0.15) is 11.6 Å². The largest absolute Gasteiger partial charge is 0.484 e. The number of nitrogens with one attached hydrogen (secondary N) is 1. The summed E-state index contributed by atoms with van der Waals surface area (Å²) in [5, 5.41) is 3.20. The van der Waals surface area contributed by atoms with E-state index in [4.69, 9.17) is 0 Å². The Kier molecular flexibility index (Phi) is 3.78. The zero-order valence-corrected chi connectivity index (χ0v) is 11.5. The van der Waals surface area contributed by atoms with Crippen molar-refractivity contribution in [2.45, 2.75) is 19.3 Å². The van der Waals surface area contributed by atoms with Crippen LogP contribution in [0.15, 0.2) is 36.4 Å². The van der Waals surface area contributed by atoms with Crippen molar-refractivity contribution in [2.24, 2.45) is 0 Å². The number of alkyl halides is 3. The van der Waals surface area contributed by atoms with Crippen molar-refractivity contribution < 1.29 is 22.3 Å². The summed E-state index contributed by atoms with van der Waals surface area (Å²) < 4.78 is 54.9. The van der Waals surface area contributed by atoms with E-state index in [0.29, 0.717) is 11.1 Å². The van der Waals surface area contributed by atoms with Gasteiger partial charge < -0.3 is 10.1 Å². The third-order valence-electron chi connectivity index (χ3n) is 3.49. The molecule has 0 aromatic heterocycles. The summed E-state index contributed by atoms with van der Waals surface area (Å²) in [7, 11) is 0. The predicted molar refractivity (Wildman–Crippen MR) is 73.9 cm³/mol. The summed E-state index contributed by atoms with van der Waals surface area (Å²) in [5.41, 5.74) is 3.32. The fourth-order valence-electron chi connectivity index (χ4n) is 2.45. The highest BCUT2D eigenvalue weighted by molar-refractivity contribution is 5.66.